The van der Waals surface area contributed by atoms with Crippen LogP contribution in [0.3, 0.4) is 0 Å². The Labute approximate surface area is 207 Å². The number of aliphatic hydroxyl groups excluding tert-OH is 1. The zero-order valence-corrected chi connectivity index (χ0v) is 19.4. The number of carbonyl (C=O) groups excluding carboxylic acids is 2. The van der Waals surface area contributed by atoms with Crippen LogP contribution in [0.5, 0.6) is 11.5 Å². The molecule has 5 nitrogen and oxygen atoms in total. The van der Waals surface area contributed by atoms with E-state index in [2.05, 4.69) is 0 Å². The van der Waals surface area contributed by atoms with E-state index in [4.69, 9.17) is 4.74 Å². The molecule has 0 bridgehead atoms. The normalized spacial score (nSPS) is 16.8. The summed E-state index contributed by atoms with van der Waals surface area (Å²) < 4.78 is 19.5. The number of aliphatic hydroxyl groups is 1. The van der Waals surface area contributed by atoms with Gasteiger partial charge in [-0.1, -0.05) is 48.5 Å². The van der Waals surface area contributed by atoms with Gasteiger partial charge in [-0.3, -0.25) is 14.5 Å². The van der Waals surface area contributed by atoms with Gasteiger partial charge in [0.05, 0.1) is 11.6 Å². The number of ether oxygens (including phenoxy) is 1. The number of aryl methyl sites for hydroxylation is 1. The van der Waals surface area contributed by atoms with E-state index in [9.17, 15) is 19.1 Å². The molecule has 0 aromatic heterocycles. The first-order valence-electron chi connectivity index (χ1n) is 11.4. The number of carbonyl (C=O) groups is 2. The molecule has 1 aliphatic heterocycles. The number of ketones is 1. The van der Waals surface area contributed by atoms with Crippen molar-refractivity contribution >= 4 is 23.1 Å². The van der Waals surface area contributed by atoms with E-state index < -0.39 is 23.5 Å². The molecule has 1 atom stereocenters. The summed E-state index contributed by atoms with van der Waals surface area (Å²) in [5, 5.41) is 11.2. The van der Waals surface area contributed by atoms with Gasteiger partial charge in [-0.2, -0.15) is 0 Å². The van der Waals surface area contributed by atoms with Crippen LogP contribution >= 0.6 is 0 Å². The standard InChI is InChI=1S/C30H22FNO4/c1-19-8-5-6-13-25(19)32-27(21-9-7-12-24(18-21)36-23-10-3-2-4-11-23)26(29(34)30(32)35)28(33)20-14-16-22(31)17-15-20/h2-18,27,33H,1H3/b28-26-. The molecule has 4 aromatic rings. The summed E-state index contributed by atoms with van der Waals surface area (Å²) in [6.07, 6.45) is 0. The Kier molecular flexibility index (Phi) is 6.09. The van der Waals surface area contributed by atoms with E-state index in [1.54, 1.807) is 36.4 Å². The molecule has 178 valence electrons. The lowest BCUT2D eigenvalue weighted by atomic mass is 9.94. The molecule has 1 unspecified atom stereocenters. The summed E-state index contributed by atoms with van der Waals surface area (Å²) in [6.45, 7) is 1.85. The topological polar surface area (TPSA) is 66.8 Å². The Hall–Kier alpha value is -4.71. The fraction of sp³-hybridized carbons (Fsp3) is 0.0667. The van der Waals surface area contributed by atoms with Crippen molar-refractivity contribution in [3.63, 3.8) is 0 Å². The van der Waals surface area contributed by atoms with Crippen molar-refractivity contribution in [2.24, 2.45) is 0 Å². The third-order valence-corrected chi connectivity index (χ3v) is 6.09. The minimum Gasteiger partial charge on any atom is -0.507 e. The maximum Gasteiger partial charge on any atom is 0.300 e. The Morgan fingerprint density at radius 3 is 2.22 bits per heavy atom. The second kappa shape index (κ2) is 9.50. The highest BCUT2D eigenvalue weighted by Crippen LogP contribution is 2.43. The molecule has 1 aliphatic rings. The summed E-state index contributed by atoms with van der Waals surface area (Å²) in [7, 11) is 0. The highest BCUT2D eigenvalue weighted by molar-refractivity contribution is 6.51. The van der Waals surface area contributed by atoms with Crippen LogP contribution in [-0.2, 0) is 9.59 Å². The second-order valence-electron chi connectivity index (χ2n) is 8.45. The third-order valence-electron chi connectivity index (χ3n) is 6.09. The number of anilines is 1. The van der Waals surface area contributed by atoms with E-state index in [1.807, 2.05) is 49.4 Å². The van der Waals surface area contributed by atoms with Gasteiger partial charge in [0.1, 0.15) is 23.1 Å². The lowest BCUT2D eigenvalue weighted by Crippen LogP contribution is -2.30. The molecule has 1 fully saturated rings. The summed E-state index contributed by atoms with van der Waals surface area (Å²) in [4.78, 5) is 28.1. The molecule has 0 saturated carbocycles. The number of benzene rings is 4. The quantitative estimate of drug-likeness (QED) is 0.200. The summed E-state index contributed by atoms with van der Waals surface area (Å²) in [5.41, 5.74) is 2.09. The van der Waals surface area contributed by atoms with Crippen LogP contribution in [0.4, 0.5) is 10.1 Å². The molecule has 4 aromatic carbocycles. The van der Waals surface area contributed by atoms with Gasteiger partial charge in [-0.05, 0) is 72.6 Å². The summed E-state index contributed by atoms with van der Waals surface area (Å²) in [6, 6.07) is 27.7. The van der Waals surface area contributed by atoms with Gasteiger partial charge in [0.15, 0.2) is 0 Å². The average molecular weight is 480 g/mol. The molecule has 1 heterocycles. The number of Topliss-reactive ketones (excluding diaryl/α,β-unsaturated/α-hetero) is 1. The van der Waals surface area contributed by atoms with Crippen LogP contribution in [0.25, 0.3) is 5.76 Å². The van der Waals surface area contributed by atoms with Crippen LogP contribution < -0.4 is 9.64 Å². The predicted octanol–water partition coefficient (Wildman–Crippen LogP) is 6.55. The highest BCUT2D eigenvalue weighted by atomic mass is 19.1. The van der Waals surface area contributed by atoms with Crippen molar-refractivity contribution in [1.82, 2.24) is 0 Å². The zero-order chi connectivity index (χ0) is 25.2. The van der Waals surface area contributed by atoms with Gasteiger partial charge in [0.25, 0.3) is 11.7 Å². The molecule has 1 saturated heterocycles. The SMILES string of the molecule is Cc1ccccc1N1C(=O)C(=O)/C(=C(\O)c2ccc(F)cc2)C1c1cccc(Oc2ccccc2)c1. The van der Waals surface area contributed by atoms with Crippen LogP contribution in [0.1, 0.15) is 22.7 Å². The van der Waals surface area contributed by atoms with Crippen molar-refractivity contribution in [3.05, 3.63) is 131 Å². The van der Waals surface area contributed by atoms with E-state index in [0.717, 1.165) is 5.56 Å². The number of para-hydroxylation sites is 2. The number of amides is 1. The van der Waals surface area contributed by atoms with Gasteiger partial charge in [-0.15, -0.1) is 0 Å². The summed E-state index contributed by atoms with van der Waals surface area (Å²) >= 11 is 0. The highest BCUT2D eigenvalue weighted by Gasteiger charge is 2.47. The fourth-order valence-electron chi connectivity index (χ4n) is 4.37. The minimum atomic E-state index is -0.921. The van der Waals surface area contributed by atoms with Gasteiger partial charge >= 0.3 is 0 Å². The average Bonchev–Trinajstić information content (AvgIpc) is 3.15. The molecule has 0 radical (unpaired) electrons. The van der Waals surface area contributed by atoms with E-state index in [-0.39, 0.29) is 16.9 Å². The monoisotopic (exact) mass is 479 g/mol. The van der Waals surface area contributed by atoms with Gasteiger partial charge in [0, 0.05) is 11.3 Å². The number of nitrogens with zero attached hydrogens (tertiary/aromatic N) is 1. The fourth-order valence-corrected chi connectivity index (χ4v) is 4.37. The summed E-state index contributed by atoms with van der Waals surface area (Å²) in [5.74, 6) is -1.28. The van der Waals surface area contributed by atoms with Gasteiger partial charge < -0.3 is 9.84 Å². The van der Waals surface area contributed by atoms with Crippen molar-refractivity contribution in [2.45, 2.75) is 13.0 Å². The molecular formula is C30H22FNO4. The van der Waals surface area contributed by atoms with Gasteiger partial charge in [0.2, 0.25) is 0 Å². The van der Waals surface area contributed by atoms with Crippen molar-refractivity contribution in [1.29, 1.82) is 0 Å². The molecule has 1 amide bonds. The molecular weight excluding hydrogens is 457 g/mol. The number of hydrogen-bond donors (Lipinski definition) is 1. The van der Waals surface area contributed by atoms with Gasteiger partial charge in [-0.25, -0.2) is 4.39 Å². The van der Waals surface area contributed by atoms with Crippen LogP contribution in [0.2, 0.25) is 0 Å². The lowest BCUT2D eigenvalue weighted by Gasteiger charge is -2.27. The molecule has 36 heavy (non-hydrogen) atoms. The van der Waals surface area contributed by atoms with Crippen LogP contribution in [0, 0.1) is 12.7 Å². The smallest absolute Gasteiger partial charge is 0.300 e. The van der Waals surface area contributed by atoms with Crippen molar-refractivity contribution < 1.29 is 23.8 Å². The van der Waals surface area contributed by atoms with Crippen molar-refractivity contribution in [2.75, 3.05) is 4.90 Å². The zero-order valence-electron chi connectivity index (χ0n) is 19.4. The Bertz CT molecular complexity index is 1480. The first kappa shape index (κ1) is 23.1. The maximum atomic E-state index is 13.5. The second-order valence-corrected chi connectivity index (χ2v) is 8.45. The number of hydrogen-bond acceptors (Lipinski definition) is 4. The van der Waals surface area contributed by atoms with E-state index >= 15 is 0 Å². The largest absolute Gasteiger partial charge is 0.507 e. The predicted molar refractivity (Wildman–Crippen MR) is 135 cm³/mol. The van der Waals surface area contributed by atoms with Crippen molar-refractivity contribution in [3.8, 4) is 11.5 Å². The van der Waals surface area contributed by atoms with Crippen LogP contribution in [-0.4, -0.2) is 16.8 Å². The first-order valence-corrected chi connectivity index (χ1v) is 11.4. The Balaban J connectivity index is 1.68. The number of halogens is 1. The molecule has 0 spiro atoms. The Morgan fingerprint density at radius 1 is 0.833 bits per heavy atom. The van der Waals surface area contributed by atoms with E-state index in [1.165, 1.54) is 29.2 Å². The molecule has 6 heteroatoms. The molecule has 0 aliphatic carbocycles. The third kappa shape index (κ3) is 4.25. The Morgan fingerprint density at radius 2 is 1.50 bits per heavy atom. The van der Waals surface area contributed by atoms with Crippen LogP contribution in [0.15, 0.2) is 109 Å². The first-order chi connectivity index (χ1) is 17.4. The lowest BCUT2D eigenvalue weighted by molar-refractivity contribution is -0.132. The van der Waals surface area contributed by atoms with E-state index in [0.29, 0.717) is 22.7 Å². The minimum absolute atomic E-state index is 0.0771. The maximum absolute atomic E-state index is 13.5. The molecule has 5 rings (SSSR count). The number of rotatable bonds is 5. The molecule has 1 N–H and O–H groups in total.